The molecule has 1 amide bonds. The highest BCUT2D eigenvalue weighted by atomic mass is 35.5. The van der Waals surface area contributed by atoms with Crippen LogP contribution in [0.1, 0.15) is 41.9 Å². The molecule has 2 aromatic rings. The van der Waals surface area contributed by atoms with Gasteiger partial charge in [-0.3, -0.25) is 4.79 Å². The number of aromatic nitrogens is 2. The first kappa shape index (κ1) is 23.9. The molecule has 0 radical (unpaired) electrons. The van der Waals surface area contributed by atoms with Crippen LogP contribution in [-0.2, 0) is 0 Å². The van der Waals surface area contributed by atoms with Crippen molar-refractivity contribution in [1.29, 1.82) is 0 Å². The molecule has 2 N–H and O–H groups in total. The SMILES string of the molecule is Cc1nc(NC2CCC(NC(=O)c3ccc(OC(F)(F)F)c(Cl)c3)CC2)cc(N(C)C)n1. The lowest BCUT2D eigenvalue weighted by Crippen LogP contribution is -2.40. The van der Waals surface area contributed by atoms with Crippen LogP contribution in [0.5, 0.6) is 5.75 Å². The molecule has 1 aromatic carbocycles. The number of benzene rings is 1. The first-order chi connectivity index (χ1) is 15.0. The molecular formula is C21H25ClF3N5O2. The van der Waals surface area contributed by atoms with Crippen molar-refractivity contribution in [3.63, 3.8) is 0 Å². The van der Waals surface area contributed by atoms with E-state index in [-0.39, 0.29) is 28.6 Å². The number of aryl methyl sites for hydroxylation is 1. The van der Waals surface area contributed by atoms with Gasteiger partial charge in [0.1, 0.15) is 23.2 Å². The van der Waals surface area contributed by atoms with Gasteiger partial charge in [-0.1, -0.05) is 11.6 Å². The highest BCUT2D eigenvalue weighted by Gasteiger charge is 2.32. The Bertz CT molecular complexity index is 963. The van der Waals surface area contributed by atoms with Gasteiger partial charge in [0.25, 0.3) is 5.91 Å². The van der Waals surface area contributed by atoms with E-state index < -0.39 is 12.1 Å². The average Bonchev–Trinajstić information content (AvgIpc) is 2.69. The Morgan fingerprint density at radius 1 is 1.12 bits per heavy atom. The Morgan fingerprint density at radius 3 is 2.38 bits per heavy atom. The van der Waals surface area contributed by atoms with E-state index in [2.05, 4.69) is 25.3 Å². The number of nitrogens with zero attached hydrogens (tertiary/aromatic N) is 3. The molecule has 11 heteroatoms. The lowest BCUT2D eigenvalue weighted by Gasteiger charge is -2.30. The predicted molar refractivity (Wildman–Crippen MR) is 116 cm³/mol. The summed E-state index contributed by atoms with van der Waals surface area (Å²) in [6.45, 7) is 1.85. The lowest BCUT2D eigenvalue weighted by molar-refractivity contribution is -0.274. The van der Waals surface area contributed by atoms with Crippen LogP contribution in [0, 0.1) is 6.92 Å². The fraction of sp³-hybridized carbons (Fsp3) is 0.476. The first-order valence-corrected chi connectivity index (χ1v) is 10.5. The molecule has 1 fully saturated rings. The molecule has 1 saturated carbocycles. The van der Waals surface area contributed by atoms with Gasteiger partial charge < -0.3 is 20.3 Å². The van der Waals surface area contributed by atoms with E-state index in [1.54, 1.807) is 0 Å². The average molecular weight is 472 g/mol. The molecule has 0 aliphatic heterocycles. The molecule has 0 bridgehead atoms. The van der Waals surface area contributed by atoms with Gasteiger partial charge in [-0.05, 0) is 50.8 Å². The molecule has 1 aromatic heterocycles. The number of hydrogen-bond acceptors (Lipinski definition) is 6. The van der Waals surface area contributed by atoms with Crippen LogP contribution in [0.2, 0.25) is 5.02 Å². The van der Waals surface area contributed by atoms with Gasteiger partial charge in [0.05, 0.1) is 5.02 Å². The van der Waals surface area contributed by atoms with E-state index in [0.717, 1.165) is 43.4 Å². The largest absolute Gasteiger partial charge is 0.573 e. The topological polar surface area (TPSA) is 79.4 Å². The van der Waals surface area contributed by atoms with Gasteiger partial charge in [-0.2, -0.15) is 0 Å². The molecule has 32 heavy (non-hydrogen) atoms. The summed E-state index contributed by atoms with van der Waals surface area (Å²) in [4.78, 5) is 23.2. The number of halogens is 4. The van der Waals surface area contributed by atoms with Gasteiger partial charge in [0, 0.05) is 37.8 Å². The predicted octanol–water partition coefficient (Wildman–Crippen LogP) is 4.56. The monoisotopic (exact) mass is 471 g/mol. The van der Waals surface area contributed by atoms with Crippen LogP contribution >= 0.6 is 11.6 Å². The maximum Gasteiger partial charge on any atom is 0.573 e. The van der Waals surface area contributed by atoms with Gasteiger partial charge in [0.2, 0.25) is 0 Å². The third-order valence-corrected chi connectivity index (χ3v) is 5.41. The van der Waals surface area contributed by atoms with Crippen molar-refractivity contribution in [3.8, 4) is 5.75 Å². The number of anilines is 2. The van der Waals surface area contributed by atoms with Crippen molar-refractivity contribution in [1.82, 2.24) is 15.3 Å². The molecule has 0 saturated heterocycles. The number of carbonyl (C=O) groups excluding carboxylic acids is 1. The van der Waals surface area contributed by atoms with E-state index in [1.807, 2.05) is 32.0 Å². The van der Waals surface area contributed by atoms with Gasteiger partial charge in [-0.25, -0.2) is 9.97 Å². The molecule has 174 valence electrons. The zero-order chi connectivity index (χ0) is 23.5. The Labute approximate surface area is 189 Å². The van der Waals surface area contributed by atoms with Crippen molar-refractivity contribution in [2.75, 3.05) is 24.3 Å². The number of nitrogens with one attached hydrogen (secondary N) is 2. The van der Waals surface area contributed by atoms with Crippen LogP contribution in [0.15, 0.2) is 24.3 Å². The summed E-state index contributed by atoms with van der Waals surface area (Å²) in [6, 6.07) is 5.56. The third-order valence-electron chi connectivity index (χ3n) is 5.12. The van der Waals surface area contributed by atoms with E-state index in [1.165, 1.54) is 12.1 Å². The van der Waals surface area contributed by atoms with Crippen LogP contribution in [0.4, 0.5) is 24.8 Å². The van der Waals surface area contributed by atoms with Crippen molar-refractivity contribution in [2.45, 2.75) is 51.1 Å². The third kappa shape index (κ3) is 6.62. The first-order valence-electron chi connectivity index (χ1n) is 10.2. The van der Waals surface area contributed by atoms with Gasteiger partial charge >= 0.3 is 6.36 Å². The Morgan fingerprint density at radius 2 is 1.78 bits per heavy atom. The van der Waals surface area contributed by atoms with E-state index >= 15 is 0 Å². The van der Waals surface area contributed by atoms with E-state index in [0.29, 0.717) is 5.82 Å². The molecule has 3 rings (SSSR count). The van der Waals surface area contributed by atoms with Crippen LogP contribution in [-0.4, -0.2) is 48.4 Å². The minimum absolute atomic E-state index is 0.0325. The van der Waals surface area contributed by atoms with Gasteiger partial charge in [0.15, 0.2) is 0 Å². The maximum absolute atomic E-state index is 12.5. The Kier molecular flexibility index (Phi) is 7.33. The standard InChI is InChI=1S/C21H25ClF3N5O2/c1-12-26-18(11-19(27-12)30(2)3)28-14-5-7-15(8-6-14)29-20(31)13-4-9-17(16(22)10-13)32-21(23,24)25/h4,9-11,14-15H,5-8H2,1-3H3,(H,29,31)(H,26,27,28). The minimum atomic E-state index is -4.85. The van der Waals surface area contributed by atoms with Crippen molar-refractivity contribution in [2.24, 2.45) is 0 Å². The fourth-order valence-corrected chi connectivity index (χ4v) is 3.78. The van der Waals surface area contributed by atoms with Gasteiger partial charge in [-0.15, -0.1) is 13.2 Å². The fourth-order valence-electron chi connectivity index (χ4n) is 3.56. The maximum atomic E-state index is 12.5. The molecule has 7 nitrogen and oxygen atoms in total. The van der Waals surface area contributed by atoms with Crippen LogP contribution in [0.25, 0.3) is 0 Å². The molecule has 1 heterocycles. The quantitative estimate of drug-likeness (QED) is 0.643. The number of ether oxygens (including phenoxy) is 1. The summed E-state index contributed by atoms with van der Waals surface area (Å²) in [6.07, 6.45) is -1.65. The van der Waals surface area contributed by atoms with Crippen molar-refractivity contribution < 1.29 is 22.7 Å². The second kappa shape index (κ2) is 9.81. The Hall–Kier alpha value is -2.75. The Balaban J connectivity index is 1.53. The number of alkyl halides is 3. The summed E-state index contributed by atoms with van der Waals surface area (Å²) in [5, 5.41) is 6.09. The number of amides is 1. The second-order valence-corrected chi connectivity index (χ2v) is 8.32. The van der Waals surface area contributed by atoms with Crippen molar-refractivity contribution >= 4 is 29.1 Å². The molecule has 0 spiro atoms. The molecular weight excluding hydrogens is 447 g/mol. The molecule has 0 unspecified atom stereocenters. The van der Waals surface area contributed by atoms with E-state index in [4.69, 9.17) is 11.6 Å². The number of hydrogen-bond donors (Lipinski definition) is 2. The lowest BCUT2D eigenvalue weighted by atomic mass is 9.91. The summed E-state index contributed by atoms with van der Waals surface area (Å²) < 4.78 is 40.9. The highest BCUT2D eigenvalue weighted by molar-refractivity contribution is 6.32. The number of rotatable bonds is 6. The van der Waals surface area contributed by atoms with Crippen molar-refractivity contribution in [3.05, 3.63) is 40.7 Å². The summed E-state index contributed by atoms with van der Waals surface area (Å²) in [5.41, 5.74) is 0.178. The summed E-state index contributed by atoms with van der Waals surface area (Å²) >= 11 is 5.83. The molecule has 0 atom stereocenters. The highest BCUT2D eigenvalue weighted by Crippen LogP contribution is 2.31. The zero-order valence-corrected chi connectivity index (χ0v) is 18.7. The van der Waals surface area contributed by atoms with Crippen LogP contribution < -0.4 is 20.3 Å². The molecule has 1 aliphatic carbocycles. The summed E-state index contributed by atoms with van der Waals surface area (Å²) in [7, 11) is 3.84. The minimum Gasteiger partial charge on any atom is -0.404 e. The zero-order valence-electron chi connectivity index (χ0n) is 18.0. The smallest absolute Gasteiger partial charge is 0.404 e. The number of carbonyl (C=O) groups is 1. The second-order valence-electron chi connectivity index (χ2n) is 7.91. The van der Waals surface area contributed by atoms with E-state index in [9.17, 15) is 18.0 Å². The van der Waals surface area contributed by atoms with Crippen LogP contribution in [0.3, 0.4) is 0 Å². The normalized spacial score (nSPS) is 18.7. The molecule has 1 aliphatic rings. The summed E-state index contributed by atoms with van der Waals surface area (Å²) in [5.74, 6) is 1.35.